The van der Waals surface area contributed by atoms with E-state index in [2.05, 4.69) is 15.5 Å². The minimum atomic E-state index is -0.488. The Bertz CT molecular complexity index is 989. The van der Waals surface area contributed by atoms with Crippen molar-refractivity contribution in [3.05, 3.63) is 66.7 Å². The van der Waals surface area contributed by atoms with Crippen LogP contribution in [0.5, 0.6) is 0 Å². The van der Waals surface area contributed by atoms with E-state index >= 15 is 0 Å². The van der Waals surface area contributed by atoms with E-state index in [4.69, 9.17) is 23.2 Å². The molecule has 0 saturated heterocycles. The van der Waals surface area contributed by atoms with Gasteiger partial charge < -0.3 is 20.4 Å². The van der Waals surface area contributed by atoms with Crippen LogP contribution in [0.2, 0.25) is 10.0 Å². The molecule has 0 fully saturated rings. The second-order valence-corrected chi connectivity index (χ2v) is 8.92. The van der Waals surface area contributed by atoms with Gasteiger partial charge in [0.15, 0.2) is 0 Å². The predicted octanol–water partition coefficient (Wildman–Crippen LogP) is 4.58. The molecule has 2 N–H and O–H groups in total. The fraction of sp³-hybridized carbons (Fsp3) is 0.429. The maximum absolute atomic E-state index is 11.0. The highest BCUT2D eigenvalue weighted by Gasteiger charge is 2.25. The standard InChI is InChI=1S/C21H28Cl2N6O4/c1-26(2)13-20(25-19-8-6-15(29(32)33)12-17(19)23)21(27(3)4)9-10-24-18-7-5-14(28(30)31)11-16(18)22/h5-8,11-12,20-21,24-25H,9-10,13H2,1-4H3. The number of rotatable bonds is 12. The summed E-state index contributed by atoms with van der Waals surface area (Å²) in [5, 5.41) is 29.1. The van der Waals surface area contributed by atoms with Crippen molar-refractivity contribution < 1.29 is 9.85 Å². The smallest absolute Gasteiger partial charge is 0.271 e. The molecule has 2 aromatic carbocycles. The van der Waals surface area contributed by atoms with Crippen LogP contribution in [0, 0.1) is 20.2 Å². The van der Waals surface area contributed by atoms with Gasteiger partial charge in [-0.3, -0.25) is 20.2 Å². The zero-order valence-corrected chi connectivity index (χ0v) is 20.4. The predicted molar refractivity (Wildman–Crippen MR) is 133 cm³/mol. The first-order chi connectivity index (χ1) is 15.5. The summed E-state index contributed by atoms with van der Waals surface area (Å²) in [7, 11) is 7.89. The normalized spacial score (nSPS) is 13.1. The number of nitro benzene ring substituents is 2. The molecule has 2 unspecified atom stereocenters. The van der Waals surface area contributed by atoms with Gasteiger partial charge in [0.05, 0.1) is 37.3 Å². The summed E-state index contributed by atoms with van der Waals surface area (Å²) in [4.78, 5) is 25.1. The number of hydrogen-bond donors (Lipinski definition) is 2. The fourth-order valence-corrected chi connectivity index (χ4v) is 4.00. The molecule has 10 nitrogen and oxygen atoms in total. The maximum Gasteiger partial charge on any atom is 0.271 e. The lowest BCUT2D eigenvalue weighted by atomic mass is 10.0. The first-order valence-electron chi connectivity index (χ1n) is 10.2. The topological polar surface area (TPSA) is 117 Å². The number of benzene rings is 2. The molecule has 180 valence electrons. The Hall–Kier alpha value is -2.66. The molecule has 2 rings (SSSR count). The minimum absolute atomic E-state index is 0.0527. The molecular weight excluding hydrogens is 471 g/mol. The molecule has 0 bridgehead atoms. The molecule has 2 atom stereocenters. The molecule has 0 aliphatic rings. The molecule has 0 heterocycles. The van der Waals surface area contributed by atoms with Crippen molar-refractivity contribution in [3.8, 4) is 0 Å². The Morgan fingerprint density at radius 3 is 1.85 bits per heavy atom. The van der Waals surface area contributed by atoms with Crippen molar-refractivity contribution in [3.63, 3.8) is 0 Å². The number of nitrogens with one attached hydrogen (secondary N) is 2. The number of hydrogen-bond acceptors (Lipinski definition) is 8. The first kappa shape index (κ1) is 26.6. The van der Waals surface area contributed by atoms with Gasteiger partial charge in [-0.25, -0.2) is 0 Å². The van der Waals surface area contributed by atoms with Crippen LogP contribution >= 0.6 is 23.2 Å². The van der Waals surface area contributed by atoms with Crippen LogP contribution in [0.4, 0.5) is 22.7 Å². The average Bonchev–Trinajstić information content (AvgIpc) is 2.72. The highest BCUT2D eigenvalue weighted by molar-refractivity contribution is 6.33. The molecule has 33 heavy (non-hydrogen) atoms. The lowest BCUT2D eigenvalue weighted by Crippen LogP contribution is -2.49. The Balaban J connectivity index is 2.15. The lowest BCUT2D eigenvalue weighted by molar-refractivity contribution is -0.385. The number of nitrogens with zero attached hydrogens (tertiary/aromatic N) is 4. The van der Waals surface area contributed by atoms with Crippen LogP contribution in [-0.4, -0.2) is 73.0 Å². The van der Waals surface area contributed by atoms with Crippen LogP contribution in [0.25, 0.3) is 0 Å². The molecule has 0 amide bonds. The van der Waals surface area contributed by atoms with Gasteiger partial charge in [0.2, 0.25) is 0 Å². The van der Waals surface area contributed by atoms with Gasteiger partial charge >= 0.3 is 0 Å². The largest absolute Gasteiger partial charge is 0.384 e. The highest BCUT2D eigenvalue weighted by Crippen LogP contribution is 2.29. The van der Waals surface area contributed by atoms with Gasteiger partial charge in [-0.05, 0) is 46.7 Å². The number of nitro groups is 2. The molecule has 0 radical (unpaired) electrons. The van der Waals surface area contributed by atoms with Gasteiger partial charge in [-0.15, -0.1) is 0 Å². The van der Waals surface area contributed by atoms with Crippen LogP contribution in [0.1, 0.15) is 6.42 Å². The number of non-ortho nitro benzene ring substituents is 2. The second-order valence-electron chi connectivity index (χ2n) is 8.10. The zero-order valence-electron chi connectivity index (χ0n) is 18.9. The number of halogens is 2. The fourth-order valence-electron chi connectivity index (χ4n) is 3.53. The Kier molecular flexibility index (Phi) is 9.66. The van der Waals surface area contributed by atoms with Gasteiger partial charge in [0, 0.05) is 43.4 Å². The monoisotopic (exact) mass is 498 g/mol. The third-order valence-electron chi connectivity index (χ3n) is 5.11. The first-order valence-corrected chi connectivity index (χ1v) is 10.9. The molecular formula is C21H28Cl2N6O4. The van der Waals surface area contributed by atoms with Crippen molar-refractivity contribution in [2.45, 2.75) is 18.5 Å². The minimum Gasteiger partial charge on any atom is -0.384 e. The van der Waals surface area contributed by atoms with Crippen molar-refractivity contribution in [1.82, 2.24) is 9.80 Å². The third-order valence-corrected chi connectivity index (χ3v) is 5.74. The van der Waals surface area contributed by atoms with Crippen LogP contribution in [0.15, 0.2) is 36.4 Å². The Labute approximate surface area is 202 Å². The Morgan fingerprint density at radius 1 is 0.909 bits per heavy atom. The van der Waals surface area contributed by atoms with E-state index in [0.29, 0.717) is 24.5 Å². The molecule has 2 aromatic rings. The van der Waals surface area contributed by atoms with Gasteiger partial charge in [-0.1, -0.05) is 23.2 Å². The maximum atomic E-state index is 11.0. The summed E-state index contributed by atoms with van der Waals surface area (Å²) < 4.78 is 0. The van der Waals surface area contributed by atoms with Crippen molar-refractivity contribution >= 4 is 46.0 Å². The summed E-state index contributed by atoms with van der Waals surface area (Å²) >= 11 is 12.5. The molecule has 0 spiro atoms. The highest BCUT2D eigenvalue weighted by atomic mass is 35.5. The van der Waals surface area contributed by atoms with E-state index in [9.17, 15) is 20.2 Å². The van der Waals surface area contributed by atoms with Crippen molar-refractivity contribution in [2.24, 2.45) is 0 Å². The van der Waals surface area contributed by atoms with E-state index in [1.807, 2.05) is 33.1 Å². The number of likely N-dealkylation sites (N-methyl/N-ethyl adjacent to an activating group) is 2. The molecule has 0 aromatic heterocycles. The van der Waals surface area contributed by atoms with E-state index in [-0.39, 0.29) is 33.5 Å². The summed E-state index contributed by atoms with van der Waals surface area (Å²) in [6, 6.07) is 8.70. The second kappa shape index (κ2) is 12.0. The van der Waals surface area contributed by atoms with Crippen LogP contribution < -0.4 is 10.6 Å². The summed E-state index contributed by atoms with van der Waals surface area (Å²) in [5.74, 6) is 0. The summed E-state index contributed by atoms with van der Waals surface area (Å²) in [5.41, 5.74) is 1.11. The van der Waals surface area contributed by atoms with E-state index in [0.717, 1.165) is 6.42 Å². The molecule has 0 saturated carbocycles. The van der Waals surface area contributed by atoms with E-state index in [1.165, 1.54) is 24.3 Å². The van der Waals surface area contributed by atoms with Crippen LogP contribution in [0.3, 0.4) is 0 Å². The van der Waals surface area contributed by atoms with Gasteiger partial charge in [0.1, 0.15) is 0 Å². The summed E-state index contributed by atoms with van der Waals surface area (Å²) in [6.07, 6.45) is 0.719. The average molecular weight is 499 g/mol. The molecule has 0 aliphatic heterocycles. The van der Waals surface area contributed by atoms with Gasteiger partial charge in [0.25, 0.3) is 11.4 Å². The van der Waals surface area contributed by atoms with Crippen molar-refractivity contribution in [2.75, 3.05) is 51.9 Å². The zero-order chi connectivity index (χ0) is 24.7. The van der Waals surface area contributed by atoms with Crippen molar-refractivity contribution in [1.29, 1.82) is 0 Å². The third kappa shape index (κ3) is 7.71. The molecule has 0 aliphatic carbocycles. The Morgan fingerprint density at radius 2 is 1.42 bits per heavy atom. The quantitative estimate of drug-likeness (QED) is 0.322. The molecule has 12 heteroatoms. The van der Waals surface area contributed by atoms with Gasteiger partial charge in [-0.2, -0.15) is 0 Å². The van der Waals surface area contributed by atoms with Crippen LogP contribution in [-0.2, 0) is 0 Å². The van der Waals surface area contributed by atoms with E-state index < -0.39 is 9.85 Å². The SMILES string of the molecule is CN(C)CC(Nc1ccc([N+](=O)[O-])cc1Cl)C(CCNc1ccc([N+](=O)[O-])cc1Cl)N(C)C. The lowest BCUT2D eigenvalue weighted by Gasteiger charge is -2.35. The summed E-state index contributed by atoms with van der Waals surface area (Å²) in [6.45, 7) is 1.26. The number of anilines is 2. The van der Waals surface area contributed by atoms with E-state index in [1.54, 1.807) is 12.1 Å².